The molecule has 100 valence electrons. The van der Waals surface area contributed by atoms with Crippen LogP contribution in [-0.2, 0) is 14.1 Å². The molecule has 0 aliphatic carbocycles. The molecule has 19 heavy (non-hydrogen) atoms. The Hall–Kier alpha value is -2.71. The number of anilines is 1. The van der Waals surface area contributed by atoms with Gasteiger partial charge in [0.1, 0.15) is 6.33 Å². The molecule has 9 nitrogen and oxygen atoms in total. The van der Waals surface area contributed by atoms with Gasteiger partial charge in [0.05, 0.1) is 5.56 Å². The summed E-state index contributed by atoms with van der Waals surface area (Å²) in [6.07, 6.45) is 1.41. The van der Waals surface area contributed by atoms with E-state index < -0.39 is 17.2 Å². The van der Waals surface area contributed by atoms with Gasteiger partial charge in [-0.1, -0.05) is 0 Å². The van der Waals surface area contributed by atoms with Crippen molar-refractivity contribution in [1.82, 2.24) is 24.5 Å². The van der Waals surface area contributed by atoms with Crippen LogP contribution in [0.4, 0.5) is 5.95 Å². The summed E-state index contributed by atoms with van der Waals surface area (Å²) in [5.74, 6) is -0.909. The largest absolute Gasteiger partial charge is 0.505 e. The van der Waals surface area contributed by atoms with Gasteiger partial charge in [-0.25, -0.2) is 4.68 Å². The fraction of sp³-hybridized carbons (Fsp3) is 0.300. The van der Waals surface area contributed by atoms with Crippen LogP contribution >= 0.6 is 0 Å². The van der Waals surface area contributed by atoms with Gasteiger partial charge in [-0.05, 0) is 6.92 Å². The first kappa shape index (κ1) is 12.7. The Balaban J connectivity index is 2.40. The first-order valence-electron chi connectivity index (χ1n) is 5.34. The molecule has 0 unspecified atom stereocenters. The standard InChI is InChI=1S/C10H12N6O3/c1-5-7(17)6(14-16(3)9(5)19)8(18)12-10-13-11-4-15(10)2/h4,17H,1-3H3,(H,12,13,18). The number of hydrogen-bond acceptors (Lipinski definition) is 6. The Morgan fingerprint density at radius 3 is 2.68 bits per heavy atom. The van der Waals surface area contributed by atoms with Crippen LogP contribution < -0.4 is 10.9 Å². The average molecular weight is 264 g/mol. The van der Waals surface area contributed by atoms with E-state index in [2.05, 4.69) is 20.6 Å². The van der Waals surface area contributed by atoms with Crippen LogP contribution in [0.1, 0.15) is 16.1 Å². The van der Waals surface area contributed by atoms with Gasteiger partial charge in [-0.2, -0.15) is 5.10 Å². The van der Waals surface area contributed by atoms with E-state index in [0.29, 0.717) is 0 Å². The highest BCUT2D eigenvalue weighted by molar-refractivity contribution is 6.03. The number of nitrogens with one attached hydrogen (secondary N) is 1. The molecule has 0 saturated carbocycles. The highest BCUT2D eigenvalue weighted by Gasteiger charge is 2.20. The van der Waals surface area contributed by atoms with Crippen LogP contribution in [0, 0.1) is 6.92 Å². The summed E-state index contributed by atoms with van der Waals surface area (Å²) in [6, 6.07) is 0. The van der Waals surface area contributed by atoms with E-state index in [1.807, 2.05) is 0 Å². The summed E-state index contributed by atoms with van der Waals surface area (Å²) in [6.45, 7) is 1.42. The lowest BCUT2D eigenvalue weighted by atomic mass is 10.2. The van der Waals surface area contributed by atoms with Crippen molar-refractivity contribution in [2.24, 2.45) is 14.1 Å². The van der Waals surface area contributed by atoms with Crippen molar-refractivity contribution in [2.75, 3.05) is 5.32 Å². The second-order valence-electron chi connectivity index (χ2n) is 3.97. The lowest BCUT2D eigenvalue weighted by molar-refractivity contribution is 0.101. The van der Waals surface area contributed by atoms with E-state index in [-0.39, 0.29) is 17.2 Å². The van der Waals surface area contributed by atoms with Crippen molar-refractivity contribution >= 4 is 11.9 Å². The summed E-state index contributed by atoms with van der Waals surface area (Å²) in [4.78, 5) is 23.5. The maximum absolute atomic E-state index is 12.0. The van der Waals surface area contributed by atoms with Crippen LogP contribution in [0.5, 0.6) is 5.75 Å². The Morgan fingerprint density at radius 1 is 1.42 bits per heavy atom. The smallest absolute Gasteiger partial charge is 0.282 e. The van der Waals surface area contributed by atoms with Crippen molar-refractivity contribution in [3.63, 3.8) is 0 Å². The molecule has 0 aliphatic heterocycles. The van der Waals surface area contributed by atoms with E-state index in [4.69, 9.17) is 0 Å². The SMILES string of the molecule is Cc1c(O)c(C(=O)Nc2nncn2C)nn(C)c1=O. The fourth-order valence-electron chi connectivity index (χ4n) is 1.47. The molecule has 2 heterocycles. The Morgan fingerprint density at radius 2 is 2.11 bits per heavy atom. The maximum atomic E-state index is 12.0. The predicted octanol–water partition coefficient (Wildman–Crippen LogP) is -0.825. The molecule has 0 bridgehead atoms. The zero-order valence-corrected chi connectivity index (χ0v) is 10.6. The molecule has 1 amide bonds. The Kier molecular flexibility index (Phi) is 3.03. The third kappa shape index (κ3) is 2.17. The summed E-state index contributed by atoms with van der Waals surface area (Å²) >= 11 is 0. The lowest BCUT2D eigenvalue weighted by Gasteiger charge is -2.08. The lowest BCUT2D eigenvalue weighted by Crippen LogP contribution is -2.27. The van der Waals surface area contributed by atoms with Gasteiger partial charge < -0.3 is 9.67 Å². The zero-order chi connectivity index (χ0) is 14.2. The minimum atomic E-state index is -0.674. The zero-order valence-electron chi connectivity index (χ0n) is 10.6. The number of hydrogen-bond donors (Lipinski definition) is 2. The van der Waals surface area contributed by atoms with Crippen LogP contribution in [0.2, 0.25) is 0 Å². The van der Waals surface area contributed by atoms with Crippen molar-refractivity contribution in [1.29, 1.82) is 0 Å². The average Bonchev–Trinajstić information content (AvgIpc) is 2.77. The third-order valence-electron chi connectivity index (χ3n) is 2.60. The van der Waals surface area contributed by atoms with Gasteiger partial charge in [0.25, 0.3) is 11.5 Å². The molecule has 9 heteroatoms. The van der Waals surface area contributed by atoms with Gasteiger partial charge in [-0.3, -0.25) is 14.9 Å². The van der Waals surface area contributed by atoms with E-state index in [1.54, 1.807) is 7.05 Å². The molecule has 2 N–H and O–H groups in total. The summed E-state index contributed by atoms with van der Waals surface area (Å²) in [5.41, 5.74) is -0.657. The van der Waals surface area contributed by atoms with Gasteiger partial charge in [0.2, 0.25) is 5.95 Å². The molecule has 0 saturated heterocycles. The van der Waals surface area contributed by atoms with E-state index >= 15 is 0 Å². The van der Waals surface area contributed by atoms with Gasteiger partial charge in [-0.15, -0.1) is 10.2 Å². The number of carbonyl (C=O) groups excluding carboxylic acids is 1. The van der Waals surface area contributed by atoms with Crippen molar-refractivity contribution in [3.8, 4) is 5.75 Å². The first-order chi connectivity index (χ1) is 8.91. The number of aromatic hydroxyl groups is 1. The molecule has 0 fully saturated rings. The minimum absolute atomic E-state index is 0.0561. The van der Waals surface area contributed by atoms with E-state index in [0.717, 1.165) is 4.68 Å². The van der Waals surface area contributed by atoms with Crippen molar-refractivity contribution in [2.45, 2.75) is 6.92 Å². The van der Waals surface area contributed by atoms with Crippen molar-refractivity contribution < 1.29 is 9.90 Å². The van der Waals surface area contributed by atoms with Gasteiger partial charge >= 0.3 is 0 Å². The second-order valence-corrected chi connectivity index (χ2v) is 3.97. The normalized spacial score (nSPS) is 10.5. The van der Waals surface area contributed by atoms with Crippen molar-refractivity contribution in [3.05, 3.63) is 27.9 Å². The Labute approximate surface area is 107 Å². The fourth-order valence-corrected chi connectivity index (χ4v) is 1.47. The molecule has 2 aromatic heterocycles. The second kappa shape index (κ2) is 4.52. The van der Waals surface area contributed by atoms with Crippen LogP contribution in [0.15, 0.2) is 11.1 Å². The molecule has 0 radical (unpaired) electrons. The highest BCUT2D eigenvalue weighted by atomic mass is 16.3. The quantitative estimate of drug-likeness (QED) is 0.732. The molecule has 0 spiro atoms. The molecule has 0 atom stereocenters. The molecule has 0 aliphatic rings. The van der Waals surface area contributed by atoms with Crippen LogP contribution in [0.3, 0.4) is 0 Å². The van der Waals surface area contributed by atoms with Gasteiger partial charge in [0.15, 0.2) is 11.4 Å². The number of aromatic nitrogens is 5. The summed E-state index contributed by atoms with van der Waals surface area (Å²) < 4.78 is 2.48. The molecule has 0 aromatic carbocycles. The number of carbonyl (C=O) groups is 1. The number of aryl methyl sites for hydroxylation is 2. The topological polar surface area (TPSA) is 115 Å². The van der Waals surface area contributed by atoms with Crippen LogP contribution in [0.25, 0.3) is 0 Å². The van der Waals surface area contributed by atoms with E-state index in [9.17, 15) is 14.7 Å². The number of rotatable bonds is 2. The minimum Gasteiger partial charge on any atom is -0.505 e. The molecule has 2 aromatic rings. The number of amides is 1. The Bertz CT molecular complexity index is 702. The van der Waals surface area contributed by atoms with Crippen LogP contribution in [-0.4, -0.2) is 35.6 Å². The molecular weight excluding hydrogens is 252 g/mol. The third-order valence-corrected chi connectivity index (χ3v) is 2.60. The summed E-state index contributed by atoms with van der Waals surface area (Å²) in [7, 11) is 3.04. The predicted molar refractivity (Wildman–Crippen MR) is 64.8 cm³/mol. The first-order valence-corrected chi connectivity index (χ1v) is 5.34. The summed E-state index contributed by atoms with van der Waals surface area (Å²) in [5, 5.41) is 23.2. The number of nitrogens with zero attached hydrogens (tertiary/aromatic N) is 5. The molecule has 2 rings (SSSR count). The maximum Gasteiger partial charge on any atom is 0.282 e. The monoisotopic (exact) mass is 264 g/mol. The van der Waals surface area contributed by atoms with E-state index in [1.165, 1.54) is 24.9 Å². The van der Waals surface area contributed by atoms with Gasteiger partial charge in [0, 0.05) is 14.1 Å². The highest BCUT2D eigenvalue weighted by Crippen LogP contribution is 2.16. The molecular formula is C10H12N6O3.